The molecule has 1 saturated heterocycles. The summed E-state index contributed by atoms with van der Waals surface area (Å²) in [6, 6.07) is 7.01. The van der Waals surface area contributed by atoms with E-state index in [2.05, 4.69) is 17.1 Å². The predicted octanol–water partition coefficient (Wildman–Crippen LogP) is 2.53. The van der Waals surface area contributed by atoms with Crippen molar-refractivity contribution >= 4 is 21.6 Å². The van der Waals surface area contributed by atoms with Gasteiger partial charge in [-0.3, -0.25) is 9.69 Å². The third kappa shape index (κ3) is 4.45. The largest absolute Gasteiger partial charge is 0.326 e. The predicted molar refractivity (Wildman–Crippen MR) is 102 cm³/mol. The highest BCUT2D eigenvalue weighted by Gasteiger charge is 2.32. The van der Waals surface area contributed by atoms with Crippen LogP contribution in [0, 0.1) is 5.92 Å². The number of hydrogen-bond donors (Lipinski definition) is 1. The molecule has 1 aliphatic heterocycles. The first-order chi connectivity index (χ1) is 12.4. The molecule has 0 bridgehead atoms. The lowest BCUT2D eigenvalue weighted by Crippen LogP contribution is -2.52. The van der Waals surface area contributed by atoms with E-state index in [4.69, 9.17) is 0 Å². The van der Waals surface area contributed by atoms with Gasteiger partial charge in [0.1, 0.15) is 0 Å². The Hall–Kier alpha value is -1.44. The van der Waals surface area contributed by atoms with Crippen molar-refractivity contribution in [3.8, 4) is 0 Å². The van der Waals surface area contributed by atoms with Crippen LogP contribution in [0.3, 0.4) is 0 Å². The Bertz CT molecular complexity index is 725. The Labute approximate surface area is 156 Å². The fourth-order valence-electron chi connectivity index (χ4n) is 4.11. The van der Waals surface area contributed by atoms with Gasteiger partial charge >= 0.3 is 0 Å². The van der Waals surface area contributed by atoms with Crippen LogP contribution in [-0.2, 0) is 14.8 Å². The van der Waals surface area contributed by atoms with E-state index in [1.54, 1.807) is 28.6 Å². The number of sulfonamides is 1. The fraction of sp³-hybridized carbons (Fsp3) is 0.632. The van der Waals surface area contributed by atoms with Gasteiger partial charge in [-0.25, -0.2) is 8.42 Å². The summed E-state index contributed by atoms with van der Waals surface area (Å²) in [5.74, 6) is 0.603. The lowest BCUT2D eigenvalue weighted by molar-refractivity contribution is -0.114. The van der Waals surface area contributed by atoms with Gasteiger partial charge in [-0.1, -0.05) is 19.8 Å². The summed E-state index contributed by atoms with van der Waals surface area (Å²) in [4.78, 5) is 13.8. The zero-order valence-electron chi connectivity index (χ0n) is 15.6. The number of amides is 1. The Balaban J connectivity index is 1.61. The van der Waals surface area contributed by atoms with Crippen molar-refractivity contribution in [2.75, 3.05) is 31.5 Å². The molecule has 144 valence electrons. The average Bonchev–Trinajstić information content (AvgIpc) is 2.62. The third-order valence-electron chi connectivity index (χ3n) is 5.51. The van der Waals surface area contributed by atoms with Crippen LogP contribution in [-0.4, -0.2) is 55.8 Å². The van der Waals surface area contributed by atoms with Crippen LogP contribution in [0.15, 0.2) is 29.2 Å². The lowest BCUT2D eigenvalue weighted by atomic mass is 9.86. The molecule has 6 nitrogen and oxygen atoms in total. The first kappa shape index (κ1) is 19.3. The molecule has 26 heavy (non-hydrogen) atoms. The van der Waals surface area contributed by atoms with Crippen molar-refractivity contribution in [1.82, 2.24) is 9.21 Å². The molecular weight excluding hydrogens is 350 g/mol. The lowest BCUT2D eigenvalue weighted by Gasteiger charge is -2.41. The van der Waals surface area contributed by atoms with Crippen LogP contribution in [0.4, 0.5) is 5.69 Å². The molecule has 1 N–H and O–H groups in total. The second-order valence-electron chi connectivity index (χ2n) is 7.57. The van der Waals surface area contributed by atoms with Crippen LogP contribution in [0.1, 0.15) is 39.5 Å². The van der Waals surface area contributed by atoms with Gasteiger partial charge in [0.25, 0.3) is 0 Å². The molecule has 0 radical (unpaired) electrons. The molecule has 1 aliphatic carbocycles. The van der Waals surface area contributed by atoms with E-state index in [1.807, 2.05) is 0 Å². The molecule has 1 aromatic rings. The van der Waals surface area contributed by atoms with Crippen molar-refractivity contribution in [3.63, 3.8) is 0 Å². The number of hydrogen-bond acceptors (Lipinski definition) is 4. The smallest absolute Gasteiger partial charge is 0.243 e. The first-order valence-corrected chi connectivity index (χ1v) is 10.9. The van der Waals surface area contributed by atoms with Crippen LogP contribution in [0.25, 0.3) is 0 Å². The number of nitrogens with zero attached hydrogens (tertiary/aromatic N) is 2. The van der Waals surface area contributed by atoms with Crippen molar-refractivity contribution in [2.45, 2.75) is 50.5 Å². The molecule has 0 aromatic heterocycles. The zero-order valence-corrected chi connectivity index (χ0v) is 16.5. The van der Waals surface area contributed by atoms with Crippen molar-refractivity contribution in [2.24, 2.45) is 5.92 Å². The quantitative estimate of drug-likeness (QED) is 0.873. The Kier molecular flexibility index (Phi) is 5.99. The molecule has 0 spiro atoms. The maximum Gasteiger partial charge on any atom is 0.243 e. The fourth-order valence-corrected chi connectivity index (χ4v) is 5.53. The normalized spacial score (nSPS) is 25.8. The second-order valence-corrected chi connectivity index (χ2v) is 9.51. The second kappa shape index (κ2) is 8.06. The first-order valence-electron chi connectivity index (χ1n) is 9.48. The molecule has 2 aliphatic rings. The van der Waals surface area contributed by atoms with Gasteiger partial charge in [0.2, 0.25) is 15.9 Å². The average molecular weight is 380 g/mol. The minimum atomic E-state index is -3.48. The third-order valence-corrected chi connectivity index (χ3v) is 7.42. The van der Waals surface area contributed by atoms with E-state index in [1.165, 1.54) is 32.6 Å². The molecule has 1 heterocycles. The number of rotatable bonds is 4. The maximum atomic E-state index is 12.9. The summed E-state index contributed by atoms with van der Waals surface area (Å²) < 4.78 is 27.3. The summed E-state index contributed by atoms with van der Waals surface area (Å²) in [7, 11) is -3.48. The number of piperazine rings is 1. The van der Waals surface area contributed by atoms with E-state index < -0.39 is 10.0 Å². The number of anilines is 1. The van der Waals surface area contributed by atoms with Crippen molar-refractivity contribution in [3.05, 3.63) is 24.3 Å². The van der Waals surface area contributed by atoms with Gasteiger partial charge in [0.05, 0.1) is 4.90 Å². The molecule has 1 aromatic carbocycles. The summed E-state index contributed by atoms with van der Waals surface area (Å²) >= 11 is 0. The highest BCUT2D eigenvalue weighted by molar-refractivity contribution is 7.89. The van der Waals surface area contributed by atoms with Crippen LogP contribution < -0.4 is 5.32 Å². The van der Waals surface area contributed by atoms with Gasteiger partial charge in [0.15, 0.2) is 0 Å². The molecule has 7 heteroatoms. The highest BCUT2D eigenvalue weighted by atomic mass is 32.2. The summed E-state index contributed by atoms with van der Waals surface area (Å²) in [5.41, 5.74) is 0.604. The molecule has 3 rings (SSSR count). The van der Waals surface area contributed by atoms with E-state index in [0.29, 0.717) is 24.8 Å². The van der Waals surface area contributed by atoms with Gasteiger partial charge in [-0.15, -0.1) is 0 Å². The van der Waals surface area contributed by atoms with Gasteiger partial charge in [0, 0.05) is 44.8 Å². The van der Waals surface area contributed by atoms with Crippen LogP contribution >= 0.6 is 0 Å². The number of benzene rings is 1. The monoisotopic (exact) mass is 379 g/mol. The van der Waals surface area contributed by atoms with Crippen LogP contribution in [0.2, 0.25) is 0 Å². The Morgan fingerprint density at radius 2 is 1.73 bits per heavy atom. The number of carbonyl (C=O) groups excluding carboxylic acids is 1. The molecular formula is C19H29N3O3S. The molecule has 1 amide bonds. The molecule has 2 atom stereocenters. The van der Waals surface area contributed by atoms with Gasteiger partial charge < -0.3 is 5.32 Å². The standard InChI is InChI=1S/C19H29N3O3S/c1-15-4-3-5-18(14-15)21-10-12-22(13-11-21)26(24,25)19-8-6-17(7-9-19)20-16(2)23/h6-9,15,18H,3-5,10-14H2,1-2H3,(H,20,23)/t15-,18-/m1/s1. The SMILES string of the molecule is CC(=O)Nc1ccc(S(=O)(=O)N2CCN([C@@H]3CCC[C@@H](C)C3)CC2)cc1. The van der Waals surface area contributed by atoms with E-state index in [-0.39, 0.29) is 10.8 Å². The zero-order chi connectivity index (χ0) is 18.7. The van der Waals surface area contributed by atoms with Crippen LogP contribution in [0.5, 0.6) is 0 Å². The highest BCUT2D eigenvalue weighted by Crippen LogP contribution is 2.28. The topological polar surface area (TPSA) is 69.7 Å². The number of nitrogens with one attached hydrogen (secondary N) is 1. The summed E-state index contributed by atoms with van der Waals surface area (Å²) in [5, 5.41) is 2.65. The minimum Gasteiger partial charge on any atom is -0.326 e. The number of carbonyl (C=O) groups is 1. The maximum absolute atomic E-state index is 12.9. The molecule has 1 saturated carbocycles. The molecule has 0 unspecified atom stereocenters. The summed E-state index contributed by atoms with van der Waals surface area (Å²) in [6.07, 6.45) is 5.07. The van der Waals surface area contributed by atoms with E-state index in [0.717, 1.165) is 19.0 Å². The van der Waals surface area contributed by atoms with E-state index >= 15 is 0 Å². The minimum absolute atomic E-state index is 0.172. The van der Waals surface area contributed by atoms with Crippen molar-refractivity contribution < 1.29 is 13.2 Å². The Morgan fingerprint density at radius 1 is 1.08 bits per heavy atom. The summed E-state index contributed by atoms with van der Waals surface area (Å²) in [6.45, 7) is 6.44. The Morgan fingerprint density at radius 3 is 2.31 bits per heavy atom. The van der Waals surface area contributed by atoms with E-state index in [9.17, 15) is 13.2 Å². The molecule has 2 fully saturated rings. The van der Waals surface area contributed by atoms with Gasteiger partial charge in [-0.2, -0.15) is 4.31 Å². The van der Waals surface area contributed by atoms with Crippen molar-refractivity contribution in [1.29, 1.82) is 0 Å². The van der Waals surface area contributed by atoms with Gasteiger partial charge in [-0.05, 0) is 43.0 Å².